The van der Waals surface area contributed by atoms with E-state index < -0.39 is 0 Å². The summed E-state index contributed by atoms with van der Waals surface area (Å²) in [5.74, 6) is 0.581. The van der Waals surface area contributed by atoms with Crippen LogP contribution in [-0.4, -0.2) is 22.0 Å². The molecule has 1 aliphatic rings. The van der Waals surface area contributed by atoms with Crippen molar-refractivity contribution in [2.24, 2.45) is 0 Å². The number of ether oxygens (including phenoxy) is 1. The molecule has 0 unspecified atom stereocenters. The lowest BCUT2D eigenvalue weighted by Gasteiger charge is -2.13. The molecule has 114 valence electrons. The molecule has 1 aromatic heterocycles. The maximum Gasteiger partial charge on any atom is 0.275 e. The van der Waals surface area contributed by atoms with Gasteiger partial charge in [-0.3, -0.25) is 9.78 Å². The molecule has 1 N–H and O–H groups in total. The van der Waals surface area contributed by atoms with Gasteiger partial charge in [0.1, 0.15) is 11.4 Å². The Balaban J connectivity index is 1.60. The van der Waals surface area contributed by atoms with Crippen molar-refractivity contribution in [3.8, 4) is 5.75 Å². The minimum Gasteiger partial charge on any atom is -0.490 e. The van der Waals surface area contributed by atoms with Crippen LogP contribution in [0, 0.1) is 6.92 Å². The number of benzene rings is 1. The Bertz CT molecular complexity index is 632. The van der Waals surface area contributed by atoms with Crippen molar-refractivity contribution in [2.75, 3.05) is 5.32 Å². The number of aryl methyl sites for hydroxylation is 1. The lowest BCUT2D eigenvalue weighted by molar-refractivity contribution is 0.102. The highest BCUT2D eigenvalue weighted by Crippen LogP contribution is 2.25. The molecule has 0 saturated heterocycles. The van der Waals surface area contributed by atoms with Crippen molar-refractivity contribution >= 4 is 11.6 Å². The van der Waals surface area contributed by atoms with Gasteiger partial charge >= 0.3 is 0 Å². The molecule has 0 atom stereocenters. The van der Waals surface area contributed by atoms with E-state index >= 15 is 0 Å². The number of hydrogen-bond acceptors (Lipinski definition) is 4. The number of nitrogens with zero attached hydrogens (tertiary/aromatic N) is 2. The summed E-state index contributed by atoms with van der Waals surface area (Å²) >= 11 is 0. The van der Waals surface area contributed by atoms with Gasteiger partial charge in [-0.2, -0.15) is 0 Å². The van der Waals surface area contributed by atoms with Gasteiger partial charge in [-0.15, -0.1) is 0 Å². The molecule has 0 spiro atoms. The Morgan fingerprint density at radius 1 is 1.14 bits per heavy atom. The summed E-state index contributed by atoms with van der Waals surface area (Å²) in [5.41, 5.74) is 1.80. The second-order valence-electron chi connectivity index (χ2n) is 5.55. The zero-order valence-electron chi connectivity index (χ0n) is 12.6. The molecule has 2 aromatic rings. The molecule has 5 heteroatoms. The molecule has 1 heterocycles. The van der Waals surface area contributed by atoms with Gasteiger partial charge < -0.3 is 10.1 Å². The Labute approximate surface area is 129 Å². The van der Waals surface area contributed by atoms with E-state index in [1.54, 1.807) is 6.20 Å². The number of aromatic nitrogens is 2. The molecule has 1 amide bonds. The van der Waals surface area contributed by atoms with Gasteiger partial charge in [-0.25, -0.2) is 4.98 Å². The number of hydrogen-bond donors (Lipinski definition) is 1. The summed E-state index contributed by atoms with van der Waals surface area (Å²) in [6, 6.07) is 7.44. The fourth-order valence-electron chi connectivity index (χ4n) is 2.52. The van der Waals surface area contributed by atoms with Crippen molar-refractivity contribution in [1.82, 2.24) is 9.97 Å². The molecule has 5 nitrogen and oxygen atoms in total. The largest absolute Gasteiger partial charge is 0.490 e. The molecule has 22 heavy (non-hydrogen) atoms. The average Bonchev–Trinajstić information content (AvgIpc) is 3.03. The molecular formula is C17H19N3O2. The fourth-order valence-corrected chi connectivity index (χ4v) is 2.52. The van der Waals surface area contributed by atoms with E-state index in [1.807, 2.05) is 31.2 Å². The molecule has 1 fully saturated rings. The zero-order valence-corrected chi connectivity index (χ0v) is 12.6. The molecular weight excluding hydrogens is 278 g/mol. The average molecular weight is 297 g/mol. The van der Waals surface area contributed by atoms with Gasteiger partial charge in [0.25, 0.3) is 5.91 Å². The number of carbonyl (C=O) groups excluding carboxylic acids is 1. The van der Waals surface area contributed by atoms with Crippen LogP contribution in [0.25, 0.3) is 0 Å². The van der Waals surface area contributed by atoms with E-state index in [-0.39, 0.29) is 5.91 Å². The van der Waals surface area contributed by atoms with Crippen LogP contribution in [0.5, 0.6) is 5.75 Å². The number of carbonyl (C=O) groups is 1. The van der Waals surface area contributed by atoms with Crippen molar-refractivity contribution in [2.45, 2.75) is 38.7 Å². The minimum absolute atomic E-state index is 0.267. The molecule has 1 saturated carbocycles. The standard InChI is InChI=1S/C17H19N3O2/c1-12-10-19-16(11-18-12)17(21)20-13-6-8-15(9-7-13)22-14-4-2-3-5-14/h6-11,14H,2-5H2,1H3,(H,20,21). The van der Waals surface area contributed by atoms with Crippen molar-refractivity contribution in [1.29, 1.82) is 0 Å². The molecule has 3 rings (SSSR count). The van der Waals surface area contributed by atoms with E-state index in [0.717, 1.165) is 24.3 Å². The second kappa shape index (κ2) is 6.56. The topological polar surface area (TPSA) is 64.1 Å². The van der Waals surface area contributed by atoms with Crippen LogP contribution in [0.3, 0.4) is 0 Å². The first-order valence-corrected chi connectivity index (χ1v) is 7.57. The zero-order chi connectivity index (χ0) is 15.4. The van der Waals surface area contributed by atoms with Crippen LogP contribution in [0.15, 0.2) is 36.7 Å². The smallest absolute Gasteiger partial charge is 0.275 e. The summed E-state index contributed by atoms with van der Waals surface area (Å²) in [6.07, 6.45) is 8.14. The van der Waals surface area contributed by atoms with Crippen LogP contribution in [0.2, 0.25) is 0 Å². The highest BCUT2D eigenvalue weighted by atomic mass is 16.5. The highest BCUT2D eigenvalue weighted by molar-refractivity contribution is 6.02. The number of anilines is 1. The number of amides is 1. The summed E-state index contributed by atoms with van der Waals surface area (Å²) < 4.78 is 5.90. The van der Waals surface area contributed by atoms with E-state index in [4.69, 9.17) is 4.74 Å². The maximum absolute atomic E-state index is 12.0. The highest BCUT2D eigenvalue weighted by Gasteiger charge is 2.16. The van der Waals surface area contributed by atoms with Crippen LogP contribution in [-0.2, 0) is 0 Å². The monoisotopic (exact) mass is 297 g/mol. The summed E-state index contributed by atoms with van der Waals surface area (Å²) in [7, 11) is 0. The fraction of sp³-hybridized carbons (Fsp3) is 0.353. The van der Waals surface area contributed by atoms with Gasteiger partial charge in [0.2, 0.25) is 0 Å². The first-order chi connectivity index (χ1) is 10.7. The van der Waals surface area contributed by atoms with Crippen LogP contribution < -0.4 is 10.1 Å². The lowest BCUT2D eigenvalue weighted by atomic mass is 10.2. The number of nitrogens with one attached hydrogen (secondary N) is 1. The lowest BCUT2D eigenvalue weighted by Crippen LogP contribution is -2.14. The van der Waals surface area contributed by atoms with E-state index in [2.05, 4.69) is 15.3 Å². The van der Waals surface area contributed by atoms with Crippen molar-refractivity contribution in [3.05, 3.63) is 48.0 Å². The second-order valence-corrected chi connectivity index (χ2v) is 5.55. The predicted molar refractivity (Wildman–Crippen MR) is 84.0 cm³/mol. The molecule has 0 bridgehead atoms. The summed E-state index contributed by atoms with van der Waals surface area (Å²) in [5, 5.41) is 2.80. The third-order valence-electron chi connectivity index (χ3n) is 3.73. The van der Waals surface area contributed by atoms with E-state index in [9.17, 15) is 4.79 Å². The van der Waals surface area contributed by atoms with E-state index in [1.165, 1.54) is 19.0 Å². The van der Waals surface area contributed by atoms with Crippen molar-refractivity contribution < 1.29 is 9.53 Å². The molecule has 0 radical (unpaired) electrons. The first kappa shape index (κ1) is 14.5. The Kier molecular flexibility index (Phi) is 4.32. The van der Waals surface area contributed by atoms with Crippen LogP contribution >= 0.6 is 0 Å². The Hall–Kier alpha value is -2.43. The summed E-state index contributed by atoms with van der Waals surface area (Å²) in [6.45, 7) is 1.83. The van der Waals surface area contributed by atoms with Crippen LogP contribution in [0.1, 0.15) is 41.9 Å². The Morgan fingerprint density at radius 2 is 1.86 bits per heavy atom. The van der Waals surface area contributed by atoms with Crippen LogP contribution in [0.4, 0.5) is 5.69 Å². The minimum atomic E-state index is -0.267. The van der Waals surface area contributed by atoms with Crippen molar-refractivity contribution in [3.63, 3.8) is 0 Å². The molecule has 1 aliphatic carbocycles. The maximum atomic E-state index is 12.0. The first-order valence-electron chi connectivity index (χ1n) is 7.57. The van der Waals surface area contributed by atoms with Gasteiger partial charge in [0.15, 0.2) is 0 Å². The van der Waals surface area contributed by atoms with Gasteiger partial charge in [-0.05, 0) is 56.9 Å². The van der Waals surface area contributed by atoms with E-state index in [0.29, 0.717) is 17.5 Å². The van der Waals surface area contributed by atoms with Gasteiger partial charge in [0, 0.05) is 11.9 Å². The van der Waals surface area contributed by atoms with Gasteiger partial charge in [-0.1, -0.05) is 0 Å². The Morgan fingerprint density at radius 3 is 2.50 bits per heavy atom. The third-order valence-corrected chi connectivity index (χ3v) is 3.73. The van der Waals surface area contributed by atoms with Gasteiger partial charge in [0.05, 0.1) is 18.0 Å². The SMILES string of the molecule is Cc1cnc(C(=O)Nc2ccc(OC3CCCC3)cc2)cn1. The molecule has 0 aliphatic heterocycles. The number of rotatable bonds is 4. The summed E-state index contributed by atoms with van der Waals surface area (Å²) in [4.78, 5) is 20.2. The normalized spacial score (nSPS) is 14.8. The molecule has 1 aromatic carbocycles. The predicted octanol–water partition coefficient (Wildman–Crippen LogP) is 3.36. The quantitative estimate of drug-likeness (QED) is 0.940. The third kappa shape index (κ3) is 3.61.